The Morgan fingerprint density at radius 2 is 2.00 bits per heavy atom. The van der Waals surface area contributed by atoms with Gasteiger partial charge in [0, 0.05) is 31.9 Å². The number of H-pyrrole nitrogens is 1. The number of hydrogen-bond donors (Lipinski definition) is 1. The second-order valence-corrected chi connectivity index (χ2v) is 8.54. The number of Topliss-reactive ketones (excluding diaryl/α,β-unsaturated/α-hetero) is 1. The molecular weight excluding hydrogens is 438 g/mol. The third kappa shape index (κ3) is 4.94. The predicted octanol–water partition coefficient (Wildman–Crippen LogP) is 3.59. The van der Waals surface area contributed by atoms with Crippen LogP contribution in [-0.2, 0) is 13.7 Å². The molecule has 31 heavy (non-hydrogen) atoms. The monoisotopic (exact) mass is 459 g/mol. The number of thioether (sulfide) groups is 1. The van der Waals surface area contributed by atoms with Crippen LogP contribution in [0.15, 0.2) is 41.7 Å². The highest BCUT2D eigenvalue weighted by atomic mass is 35.5. The maximum absolute atomic E-state index is 12.6. The number of halogens is 1. The van der Waals surface area contributed by atoms with E-state index in [9.17, 15) is 9.59 Å². The summed E-state index contributed by atoms with van der Waals surface area (Å²) < 4.78 is 7.49. The maximum atomic E-state index is 12.6. The molecule has 0 radical (unpaired) electrons. The summed E-state index contributed by atoms with van der Waals surface area (Å²) in [6.07, 6.45) is 3.64. The smallest absolute Gasteiger partial charge is 0.270 e. The summed E-state index contributed by atoms with van der Waals surface area (Å²) >= 11 is 7.39. The Hall–Kier alpha value is -2.78. The Labute approximate surface area is 188 Å². The van der Waals surface area contributed by atoms with Crippen LogP contribution in [0, 0.1) is 0 Å². The molecule has 1 fully saturated rings. The fraction of sp³-hybridized carbons (Fsp3) is 0.333. The highest BCUT2D eigenvalue weighted by molar-refractivity contribution is 7.99. The number of ether oxygens (including phenoxy) is 1. The number of ketones is 1. The summed E-state index contributed by atoms with van der Waals surface area (Å²) in [7, 11) is 1.82. The molecular formula is C21H22ClN5O3S. The number of nitrogens with zero attached hydrogens (tertiary/aromatic N) is 4. The van der Waals surface area contributed by atoms with Crippen molar-refractivity contribution < 1.29 is 14.3 Å². The normalized spacial score (nSPS) is 13.5. The van der Waals surface area contributed by atoms with E-state index >= 15 is 0 Å². The molecule has 1 aliphatic rings. The van der Waals surface area contributed by atoms with E-state index in [1.165, 1.54) is 11.8 Å². The molecule has 0 bridgehead atoms. The van der Waals surface area contributed by atoms with Crippen LogP contribution in [0.3, 0.4) is 0 Å². The number of carbonyl (C=O) groups excluding carboxylic acids is 2. The quantitative estimate of drug-likeness (QED) is 0.408. The zero-order valence-electron chi connectivity index (χ0n) is 17.0. The minimum atomic E-state index is -0.0846. The van der Waals surface area contributed by atoms with Gasteiger partial charge in [-0.1, -0.05) is 35.5 Å². The fourth-order valence-electron chi connectivity index (χ4n) is 3.28. The summed E-state index contributed by atoms with van der Waals surface area (Å²) in [4.78, 5) is 29.7. The number of carbonyl (C=O) groups is 2. The van der Waals surface area contributed by atoms with Crippen LogP contribution in [0.5, 0.6) is 5.75 Å². The average Bonchev–Trinajstić information content (AvgIpc) is 3.53. The van der Waals surface area contributed by atoms with Gasteiger partial charge in [-0.25, -0.2) is 0 Å². The van der Waals surface area contributed by atoms with Crippen LogP contribution in [0.1, 0.15) is 39.5 Å². The molecule has 1 N–H and O–H groups in total. The molecule has 4 rings (SSSR count). The van der Waals surface area contributed by atoms with Gasteiger partial charge in [0.1, 0.15) is 18.1 Å². The molecule has 2 aromatic heterocycles. The number of likely N-dealkylation sites (tertiary alicyclic amines) is 1. The molecule has 3 aromatic rings. The Balaban J connectivity index is 1.33. The van der Waals surface area contributed by atoms with E-state index in [1.54, 1.807) is 33.9 Å². The lowest BCUT2D eigenvalue weighted by Crippen LogP contribution is -2.27. The second-order valence-electron chi connectivity index (χ2n) is 7.19. The minimum absolute atomic E-state index is 0.0549. The Morgan fingerprint density at radius 1 is 1.23 bits per heavy atom. The van der Waals surface area contributed by atoms with Crippen molar-refractivity contribution in [3.63, 3.8) is 0 Å². The molecule has 0 aliphatic carbocycles. The largest absolute Gasteiger partial charge is 0.484 e. The zero-order chi connectivity index (χ0) is 21.8. The molecule has 10 heteroatoms. The summed E-state index contributed by atoms with van der Waals surface area (Å²) in [6.45, 7) is 1.75. The standard InChI is InChI=1S/C21H22ClN5O3S/c1-26-19(12-30-18-7-3-2-6-15(18)22)24-25-21(26)31-13-17(28)14-10-16(23-11-14)20(29)27-8-4-5-9-27/h2-3,6-7,10-11,23H,4-5,8-9,12-13H2,1H3. The van der Waals surface area contributed by atoms with Gasteiger partial charge in [0.15, 0.2) is 16.8 Å². The van der Waals surface area contributed by atoms with E-state index in [0.717, 1.165) is 25.9 Å². The van der Waals surface area contributed by atoms with Crippen molar-refractivity contribution >= 4 is 35.1 Å². The van der Waals surface area contributed by atoms with Crippen molar-refractivity contribution in [2.45, 2.75) is 24.6 Å². The number of hydrogen-bond acceptors (Lipinski definition) is 6. The van der Waals surface area contributed by atoms with E-state index in [1.807, 2.05) is 19.2 Å². The number of aromatic amines is 1. The third-order valence-electron chi connectivity index (χ3n) is 5.08. The van der Waals surface area contributed by atoms with E-state index in [2.05, 4.69) is 15.2 Å². The number of nitrogens with one attached hydrogen (secondary N) is 1. The third-order valence-corrected chi connectivity index (χ3v) is 6.41. The number of rotatable bonds is 8. The Bertz CT molecular complexity index is 1090. The van der Waals surface area contributed by atoms with Crippen LogP contribution in [0.4, 0.5) is 0 Å². The molecule has 162 valence electrons. The summed E-state index contributed by atoms with van der Waals surface area (Å²) in [5.41, 5.74) is 0.937. The van der Waals surface area contributed by atoms with Crippen LogP contribution < -0.4 is 4.74 Å². The van der Waals surface area contributed by atoms with Crippen molar-refractivity contribution in [3.05, 3.63) is 58.6 Å². The van der Waals surface area contributed by atoms with Gasteiger partial charge >= 0.3 is 0 Å². The molecule has 0 saturated carbocycles. The summed E-state index contributed by atoms with van der Waals surface area (Å²) in [5, 5.41) is 9.42. The first-order valence-electron chi connectivity index (χ1n) is 9.92. The fourth-order valence-corrected chi connectivity index (χ4v) is 4.30. The van der Waals surface area contributed by atoms with E-state index in [0.29, 0.717) is 33.0 Å². The number of para-hydroxylation sites is 1. The predicted molar refractivity (Wildman–Crippen MR) is 118 cm³/mol. The minimum Gasteiger partial charge on any atom is -0.484 e. The van der Waals surface area contributed by atoms with E-state index in [4.69, 9.17) is 16.3 Å². The lowest BCUT2D eigenvalue weighted by Gasteiger charge is -2.13. The Morgan fingerprint density at radius 3 is 2.77 bits per heavy atom. The van der Waals surface area contributed by atoms with Gasteiger partial charge in [-0.15, -0.1) is 10.2 Å². The van der Waals surface area contributed by atoms with Gasteiger partial charge in [-0.3, -0.25) is 9.59 Å². The molecule has 3 heterocycles. The first-order valence-corrected chi connectivity index (χ1v) is 11.3. The van der Waals surface area contributed by atoms with Crippen molar-refractivity contribution in [1.82, 2.24) is 24.6 Å². The molecule has 1 saturated heterocycles. The van der Waals surface area contributed by atoms with Crippen molar-refractivity contribution in [3.8, 4) is 5.75 Å². The van der Waals surface area contributed by atoms with Gasteiger partial charge in [-0.05, 0) is 31.0 Å². The molecule has 0 spiro atoms. The lowest BCUT2D eigenvalue weighted by atomic mass is 10.2. The summed E-state index contributed by atoms with van der Waals surface area (Å²) in [5.74, 6) is 1.24. The first kappa shape index (κ1) is 21.5. The SMILES string of the molecule is Cn1c(COc2ccccc2Cl)nnc1SCC(=O)c1c[nH]c(C(=O)N2CCCC2)c1. The number of amides is 1. The number of benzene rings is 1. The lowest BCUT2D eigenvalue weighted by molar-refractivity contribution is 0.0787. The highest BCUT2D eigenvalue weighted by Crippen LogP contribution is 2.24. The van der Waals surface area contributed by atoms with Crippen molar-refractivity contribution in [1.29, 1.82) is 0 Å². The van der Waals surface area contributed by atoms with Crippen molar-refractivity contribution in [2.24, 2.45) is 7.05 Å². The second kappa shape index (κ2) is 9.57. The topological polar surface area (TPSA) is 93.1 Å². The van der Waals surface area contributed by atoms with Crippen LogP contribution in [0.2, 0.25) is 5.02 Å². The highest BCUT2D eigenvalue weighted by Gasteiger charge is 2.22. The average molecular weight is 460 g/mol. The van der Waals surface area contributed by atoms with Gasteiger partial charge in [0.05, 0.1) is 10.8 Å². The molecule has 1 aliphatic heterocycles. The van der Waals surface area contributed by atoms with Crippen molar-refractivity contribution in [2.75, 3.05) is 18.8 Å². The number of aromatic nitrogens is 4. The molecule has 1 amide bonds. The first-order chi connectivity index (χ1) is 15.0. The maximum Gasteiger partial charge on any atom is 0.270 e. The van der Waals surface area contributed by atoms with E-state index < -0.39 is 0 Å². The van der Waals surface area contributed by atoms with Crippen LogP contribution >= 0.6 is 23.4 Å². The molecule has 0 atom stereocenters. The molecule has 0 unspecified atom stereocenters. The van der Waals surface area contributed by atoms with Gasteiger partial charge in [0.2, 0.25) is 0 Å². The molecule has 8 nitrogen and oxygen atoms in total. The van der Waals surface area contributed by atoms with Gasteiger partial charge in [-0.2, -0.15) is 0 Å². The summed E-state index contributed by atoms with van der Waals surface area (Å²) in [6, 6.07) is 8.84. The van der Waals surface area contributed by atoms with Crippen LogP contribution in [-0.4, -0.2) is 55.2 Å². The Kier molecular flexibility index (Phi) is 6.62. The van der Waals surface area contributed by atoms with E-state index in [-0.39, 0.29) is 24.1 Å². The van der Waals surface area contributed by atoms with Crippen LogP contribution in [0.25, 0.3) is 0 Å². The zero-order valence-corrected chi connectivity index (χ0v) is 18.6. The van der Waals surface area contributed by atoms with Gasteiger partial charge in [0.25, 0.3) is 5.91 Å². The molecule has 1 aromatic carbocycles. The van der Waals surface area contributed by atoms with Gasteiger partial charge < -0.3 is 19.2 Å².